The number of piperazine rings is 1. The average Bonchev–Trinajstić information content (AvgIpc) is 2.87. The zero-order chi connectivity index (χ0) is 16.4. The van der Waals surface area contributed by atoms with Crippen LogP contribution in [0.4, 0.5) is 0 Å². The maximum Gasteiger partial charge on any atom is 0.144 e. The summed E-state index contributed by atoms with van der Waals surface area (Å²) in [6.07, 6.45) is 0. The number of rotatable bonds is 3. The van der Waals surface area contributed by atoms with Crippen molar-refractivity contribution in [3.05, 3.63) is 41.2 Å². The third-order valence-corrected chi connectivity index (χ3v) is 4.81. The van der Waals surface area contributed by atoms with Gasteiger partial charge in [0.2, 0.25) is 0 Å². The number of halogens is 1. The highest BCUT2D eigenvalue weighted by atomic mass is 35.5. The van der Waals surface area contributed by atoms with E-state index in [1.807, 2.05) is 41.9 Å². The van der Waals surface area contributed by atoms with Crippen LogP contribution in [0, 0.1) is 11.3 Å². The average molecular weight is 330 g/mol. The fraction of sp³-hybridized carbons (Fsp3) is 0.412. The largest absolute Gasteiger partial charge is 0.318 e. The topological polar surface area (TPSA) is 48.1 Å². The van der Waals surface area contributed by atoms with Gasteiger partial charge in [0.25, 0.3) is 0 Å². The van der Waals surface area contributed by atoms with E-state index in [0.29, 0.717) is 10.8 Å². The van der Waals surface area contributed by atoms with Crippen molar-refractivity contribution in [3.8, 4) is 17.5 Å². The molecule has 1 fully saturated rings. The van der Waals surface area contributed by atoms with Gasteiger partial charge in [-0.3, -0.25) is 4.90 Å². The standard InChI is InChI=1S/C17H20ClN5/c1-21-8-10-23(11-9-21)14(12-19)15-16(18)22(2)17(20-15)13-6-4-3-5-7-13/h3-7,14H,8-11H2,1-2H3. The van der Waals surface area contributed by atoms with Crippen LogP contribution in [0.5, 0.6) is 0 Å². The first kappa shape index (κ1) is 16.0. The van der Waals surface area contributed by atoms with Gasteiger partial charge in [-0.15, -0.1) is 0 Å². The molecule has 0 spiro atoms. The number of imidazole rings is 1. The Morgan fingerprint density at radius 2 is 1.78 bits per heavy atom. The summed E-state index contributed by atoms with van der Waals surface area (Å²) in [7, 11) is 3.99. The predicted octanol–water partition coefficient (Wildman–Crippen LogP) is 2.55. The first-order valence-electron chi connectivity index (χ1n) is 7.71. The number of aromatic nitrogens is 2. The maximum atomic E-state index is 9.68. The van der Waals surface area contributed by atoms with Crippen LogP contribution in [0.3, 0.4) is 0 Å². The molecule has 5 nitrogen and oxygen atoms in total. The molecule has 0 amide bonds. The van der Waals surface area contributed by atoms with Crippen molar-refractivity contribution in [1.82, 2.24) is 19.4 Å². The summed E-state index contributed by atoms with van der Waals surface area (Å²) in [6.45, 7) is 3.60. The molecule has 1 saturated heterocycles. The quantitative estimate of drug-likeness (QED) is 0.868. The first-order chi connectivity index (χ1) is 11.1. The van der Waals surface area contributed by atoms with Gasteiger partial charge in [0.15, 0.2) is 0 Å². The van der Waals surface area contributed by atoms with Crippen molar-refractivity contribution >= 4 is 11.6 Å². The van der Waals surface area contributed by atoms with Gasteiger partial charge >= 0.3 is 0 Å². The normalized spacial score (nSPS) is 17.8. The van der Waals surface area contributed by atoms with E-state index in [1.165, 1.54) is 0 Å². The monoisotopic (exact) mass is 329 g/mol. The van der Waals surface area contributed by atoms with Gasteiger partial charge < -0.3 is 9.47 Å². The van der Waals surface area contributed by atoms with Crippen molar-refractivity contribution in [1.29, 1.82) is 5.26 Å². The summed E-state index contributed by atoms with van der Waals surface area (Å²) >= 11 is 6.50. The molecule has 2 aromatic rings. The Bertz CT molecular complexity index is 711. The van der Waals surface area contributed by atoms with Crippen LogP contribution >= 0.6 is 11.6 Å². The smallest absolute Gasteiger partial charge is 0.144 e. The molecule has 1 atom stereocenters. The second-order valence-corrected chi connectivity index (χ2v) is 6.27. The Hall–Kier alpha value is -1.87. The minimum Gasteiger partial charge on any atom is -0.318 e. The van der Waals surface area contributed by atoms with Crippen molar-refractivity contribution in [2.75, 3.05) is 33.2 Å². The Balaban J connectivity index is 1.94. The van der Waals surface area contributed by atoms with Crippen LogP contribution in [0.2, 0.25) is 5.15 Å². The molecule has 1 aromatic carbocycles. The molecule has 1 aliphatic heterocycles. The van der Waals surface area contributed by atoms with E-state index >= 15 is 0 Å². The van der Waals surface area contributed by atoms with E-state index in [-0.39, 0.29) is 0 Å². The Labute approximate surface area is 141 Å². The van der Waals surface area contributed by atoms with E-state index in [1.54, 1.807) is 0 Å². The van der Waals surface area contributed by atoms with Crippen LogP contribution in [-0.2, 0) is 7.05 Å². The van der Waals surface area contributed by atoms with Crippen LogP contribution in [0.1, 0.15) is 11.7 Å². The molecule has 2 heterocycles. The highest BCUT2D eigenvalue weighted by Crippen LogP contribution is 2.31. The number of benzene rings is 1. The zero-order valence-electron chi connectivity index (χ0n) is 13.4. The fourth-order valence-corrected chi connectivity index (χ4v) is 3.14. The Morgan fingerprint density at radius 1 is 1.13 bits per heavy atom. The highest BCUT2D eigenvalue weighted by molar-refractivity contribution is 6.30. The Morgan fingerprint density at radius 3 is 2.39 bits per heavy atom. The molecule has 120 valence electrons. The van der Waals surface area contributed by atoms with Crippen molar-refractivity contribution in [3.63, 3.8) is 0 Å². The summed E-state index contributed by atoms with van der Waals surface area (Å²) in [5, 5.41) is 10.2. The molecule has 0 N–H and O–H groups in total. The molecule has 1 aromatic heterocycles. The van der Waals surface area contributed by atoms with Gasteiger partial charge in [0, 0.05) is 38.8 Å². The van der Waals surface area contributed by atoms with Gasteiger partial charge in [-0.2, -0.15) is 5.26 Å². The third-order valence-electron chi connectivity index (χ3n) is 4.37. The molecule has 1 aliphatic rings. The van der Waals surface area contributed by atoms with Gasteiger partial charge in [-0.1, -0.05) is 41.9 Å². The summed E-state index contributed by atoms with van der Waals surface area (Å²) in [5.41, 5.74) is 1.65. The lowest BCUT2D eigenvalue weighted by Crippen LogP contribution is -2.45. The van der Waals surface area contributed by atoms with Gasteiger partial charge in [0.05, 0.1) is 6.07 Å². The second kappa shape index (κ2) is 6.71. The molecular formula is C17H20ClN5. The third kappa shape index (κ3) is 3.11. The van der Waals surface area contributed by atoms with Gasteiger partial charge in [-0.05, 0) is 7.05 Å². The van der Waals surface area contributed by atoms with E-state index in [2.05, 4.69) is 22.9 Å². The molecule has 3 rings (SSSR count). The van der Waals surface area contributed by atoms with Crippen LogP contribution < -0.4 is 0 Å². The van der Waals surface area contributed by atoms with Crippen LogP contribution in [0.15, 0.2) is 30.3 Å². The number of hydrogen-bond acceptors (Lipinski definition) is 4. The molecule has 1 unspecified atom stereocenters. The summed E-state index contributed by atoms with van der Waals surface area (Å²) in [5.74, 6) is 0.792. The van der Waals surface area contributed by atoms with E-state index < -0.39 is 6.04 Å². The minimum absolute atomic E-state index is 0.403. The van der Waals surface area contributed by atoms with Gasteiger partial charge in [-0.25, -0.2) is 4.98 Å². The number of hydrogen-bond donors (Lipinski definition) is 0. The predicted molar refractivity (Wildman–Crippen MR) is 91.1 cm³/mol. The lowest BCUT2D eigenvalue weighted by molar-refractivity contribution is 0.131. The first-order valence-corrected chi connectivity index (χ1v) is 8.09. The molecule has 23 heavy (non-hydrogen) atoms. The Kier molecular flexibility index (Phi) is 4.67. The van der Waals surface area contributed by atoms with E-state index in [0.717, 1.165) is 37.6 Å². The molecule has 0 bridgehead atoms. The molecular weight excluding hydrogens is 310 g/mol. The molecule has 0 saturated carbocycles. The van der Waals surface area contributed by atoms with Gasteiger partial charge in [0.1, 0.15) is 22.7 Å². The zero-order valence-corrected chi connectivity index (χ0v) is 14.2. The fourth-order valence-electron chi connectivity index (χ4n) is 2.92. The molecule has 0 radical (unpaired) electrons. The SMILES string of the molecule is CN1CCN(C(C#N)c2nc(-c3ccccc3)n(C)c2Cl)CC1. The summed E-state index contributed by atoms with van der Waals surface area (Å²) < 4.78 is 1.85. The van der Waals surface area contributed by atoms with Crippen LogP contribution in [0.25, 0.3) is 11.4 Å². The van der Waals surface area contributed by atoms with E-state index in [4.69, 9.17) is 16.6 Å². The molecule has 6 heteroatoms. The minimum atomic E-state index is -0.403. The van der Waals surface area contributed by atoms with E-state index in [9.17, 15) is 5.26 Å². The highest BCUT2D eigenvalue weighted by Gasteiger charge is 2.29. The van der Waals surface area contributed by atoms with Crippen molar-refractivity contribution in [2.45, 2.75) is 6.04 Å². The van der Waals surface area contributed by atoms with Crippen molar-refractivity contribution in [2.24, 2.45) is 7.05 Å². The summed E-state index contributed by atoms with van der Waals surface area (Å²) in [4.78, 5) is 9.12. The maximum absolute atomic E-state index is 9.68. The lowest BCUT2D eigenvalue weighted by atomic mass is 10.2. The summed E-state index contributed by atoms with van der Waals surface area (Å²) in [6, 6.07) is 11.9. The van der Waals surface area contributed by atoms with Crippen molar-refractivity contribution < 1.29 is 0 Å². The number of likely N-dealkylation sites (N-methyl/N-ethyl adjacent to an activating group) is 1. The molecule has 0 aliphatic carbocycles. The second-order valence-electron chi connectivity index (χ2n) is 5.91. The lowest BCUT2D eigenvalue weighted by Gasteiger charge is -2.34. The van der Waals surface area contributed by atoms with Crippen LogP contribution in [-0.4, -0.2) is 52.6 Å². The number of nitrogens with zero attached hydrogens (tertiary/aromatic N) is 5. The number of nitriles is 1.